The molecular weight excluding hydrogens is 394 g/mol. The van der Waals surface area contributed by atoms with Crippen molar-refractivity contribution < 1.29 is 19.4 Å². The normalized spacial score (nSPS) is 17.3. The second-order valence-corrected chi connectivity index (χ2v) is 7.95. The van der Waals surface area contributed by atoms with Gasteiger partial charge in [-0.05, 0) is 68.4 Å². The van der Waals surface area contributed by atoms with Crippen LogP contribution in [0.5, 0.6) is 5.75 Å². The molecule has 5 rings (SSSR count). The summed E-state index contributed by atoms with van der Waals surface area (Å²) in [7, 11) is 0. The summed E-state index contributed by atoms with van der Waals surface area (Å²) < 4.78 is 5.93. The summed E-state index contributed by atoms with van der Waals surface area (Å²) in [5.41, 5.74) is 3.60. The topological polar surface area (TPSA) is 94.7 Å². The minimum atomic E-state index is -1.02. The van der Waals surface area contributed by atoms with Gasteiger partial charge in [0.2, 0.25) is 0 Å². The van der Waals surface area contributed by atoms with Crippen molar-refractivity contribution in [1.29, 1.82) is 0 Å². The number of carbonyl (C=O) groups excluding carboxylic acids is 1. The molecule has 3 N–H and O–H groups in total. The molecule has 1 amide bonds. The molecule has 31 heavy (non-hydrogen) atoms. The molecule has 2 aliphatic rings. The highest BCUT2D eigenvalue weighted by Gasteiger charge is 2.25. The van der Waals surface area contributed by atoms with Crippen LogP contribution in [0.15, 0.2) is 42.5 Å². The fraction of sp³-hybridized carbons (Fsp3) is 0.250. The molecule has 3 heterocycles. The number of benzene rings is 2. The number of hydrogen-bond donors (Lipinski definition) is 3. The van der Waals surface area contributed by atoms with E-state index < -0.39 is 5.97 Å². The molecule has 7 heteroatoms. The number of rotatable bonds is 6. The monoisotopic (exact) mass is 417 g/mol. The lowest BCUT2D eigenvalue weighted by Crippen LogP contribution is -2.25. The average Bonchev–Trinajstić information content (AvgIpc) is 3.47. The van der Waals surface area contributed by atoms with Gasteiger partial charge in [-0.2, -0.15) is 0 Å². The molecule has 2 aromatic carbocycles. The minimum absolute atomic E-state index is 0.142. The van der Waals surface area contributed by atoms with Crippen LogP contribution >= 0.6 is 0 Å². The fourth-order valence-electron chi connectivity index (χ4n) is 4.23. The van der Waals surface area contributed by atoms with Gasteiger partial charge in [-0.25, -0.2) is 4.79 Å². The fourth-order valence-corrected chi connectivity index (χ4v) is 4.23. The zero-order valence-electron chi connectivity index (χ0n) is 17.0. The number of likely N-dealkylation sites (tertiary alicyclic amines) is 1. The van der Waals surface area contributed by atoms with Crippen molar-refractivity contribution in [2.75, 3.05) is 31.6 Å². The largest absolute Gasteiger partial charge is 0.492 e. The molecule has 3 aromatic rings. The Hall–Kier alpha value is -3.58. The Kier molecular flexibility index (Phi) is 4.95. The number of nitrogens with zero attached hydrogens (tertiary/aromatic N) is 1. The van der Waals surface area contributed by atoms with Crippen LogP contribution in [0, 0.1) is 0 Å². The van der Waals surface area contributed by atoms with Gasteiger partial charge in [0.05, 0.1) is 11.1 Å². The molecule has 2 aliphatic heterocycles. The number of nitrogens with one attached hydrogen (secondary N) is 2. The summed E-state index contributed by atoms with van der Waals surface area (Å²) in [4.78, 5) is 29.4. The van der Waals surface area contributed by atoms with Gasteiger partial charge >= 0.3 is 5.97 Å². The van der Waals surface area contributed by atoms with Crippen LogP contribution in [-0.4, -0.2) is 53.1 Å². The number of fused-ring (bicyclic) bond motifs is 2. The second kappa shape index (κ2) is 7.92. The first kappa shape index (κ1) is 19.4. The maximum atomic E-state index is 12.4. The van der Waals surface area contributed by atoms with Crippen molar-refractivity contribution in [3.8, 4) is 5.75 Å². The van der Waals surface area contributed by atoms with Crippen LogP contribution in [0.3, 0.4) is 0 Å². The Morgan fingerprint density at radius 3 is 2.77 bits per heavy atom. The van der Waals surface area contributed by atoms with Gasteiger partial charge in [-0.1, -0.05) is 6.07 Å². The Labute approximate surface area is 179 Å². The summed E-state index contributed by atoms with van der Waals surface area (Å²) in [6, 6.07) is 12.6. The molecule has 0 aliphatic carbocycles. The second-order valence-electron chi connectivity index (χ2n) is 7.95. The van der Waals surface area contributed by atoms with Crippen molar-refractivity contribution in [3.05, 3.63) is 59.3 Å². The van der Waals surface area contributed by atoms with Crippen LogP contribution in [-0.2, 0) is 4.79 Å². The van der Waals surface area contributed by atoms with Crippen LogP contribution in [0.4, 0.5) is 5.69 Å². The van der Waals surface area contributed by atoms with E-state index in [2.05, 4.69) is 15.2 Å². The number of aromatic nitrogens is 1. The number of carbonyl (C=O) groups is 2. The lowest BCUT2D eigenvalue weighted by molar-refractivity contribution is -0.110. The van der Waals surface area contributed by atoms with Gasteiger partial charge in [-0.15, -0.1) is 0 Å². The summed E-state index contributed by atoms with van der Waals surface area (Å²) >= 11 is 0. The van der Waals surface area contributed by atoms with E-state index in [1.54, 1.807) is 12.1 Å². The van der Waals surface area contributed by atoms with Gasteiger partial charge in [0.1, 0.15) is 12.4 Å². The molecule has 0 saturated carbocycles. The molecule has 0 spiro atoms. The first-order valence-corrected chi connectivity index (χ1v) is 10.5. The smallest absolute Gasteiger partial charge is 0.335 e. The van der Waals surface area contributed by atoms with Crippen LogP contribution in [0.2, 0.25) is 0 Å². The summed E-state index contributed by atoms with van der Waals surface area (Å²) in [5.74, 6) is -0.444. The zero-order valence-corrected chi connectivity index (χ0v) is 17.0. The summed E-state index contributed by atoms with van der Waals surface area (Å²) in [5, 5.41) is 12.9. The van der Waals surface area contributed by atoms with Gasteiger partial charge in [-0.3, -0.25) is 9.69 Å². The standard InChI is InChI=1S/C24H23N3O4/c28-23-20(19-5-3-15(24(29)30)13-22(19)26-23)14-17-11-16-12-18(4-6-21(16)25-17)31-10-9-27-7-1-2-8-27/h3-6,11-14,25H,1-2,7-10H2,(H,26,28)(H,29,30)/b20-14-. The molecule has 0 unspecified atom stereocenters. The highest BCUT2D eigenvalue weighted by Crippen LogP contribution is 2.34. The predicted molar refractivity (Wildman–Crippen MR) is 119 cm³/mol. The number of H-pyrrole nitrogens is 1. The lowest BCUT2D eigenvalue weighted by Gasteiger charge is -2.14. The molecule has 1 aromatic heterocycles. The number of aromatic amines is 1. The van der Waals surface area contributed by atoms with E-state index in [0.717, 1.165) is 42.0 Å². The first-order valence-electron chi connectivity index (χ1n) is 10.5. The van der Waals surface area contributed by atoms with Crippen molar-refractivity contribution in [3.63, 3.8) is 0 Å². The van der Waals surface area contributed by atoms with Gasteiger partial charge < -0.3 is 20.1 Å². The number of ether oxygens (including phenoxy) is 1. The van der Waals surface area contributed by atoms with Crippen molar-refractivity contribution in [2.24, 2.45) is 0 Å². The number of amides is 1. The number of hydrogen-bond acceptors (Lipinski definition) is 4. The van der Waals surface area contributed by atoms with E-state index in [0.29, 0.717) is 23.4 Å². The molecule has 1 saturated heterocycles. The van der Waals surface area contributed by atoms with Gasteiger partial charge in [0.15, 0.2) is 0 Å². The molecule has 158 valence electrons. The quantitative estimate of drug-likeness (QED) is 0.530. The van der Waals surface area contributed by atoms with Crippen LogP contribution in [0.25, 0.3) is 22.6 Å². The summed E-state index contributed by atoms with van der Waals surface area (Å²) in [6.07, 6.45) is 4.34. The van der Waals surface area contributed by atoms with E-state index in [1.807, 2.05) is 24.3 Å². The van der Waals surface area contributed by atoms with Crippen molar-refractivity contribution >= 4 is 40.1 Å². The third-order valence-corrected chi connectivity index (χ3v) is 5.84. The Balaban J connectivity index is 1.35. The van der Waals surface area contributed by atoms with Crippen molar-refractivity contribution in [2.45, 2.75) is 12.8 Å². The third kappa shape index (κ3) is 3.92. The highest BCUT2D eigenvalue weighted by molar-refractivity contribution is 6.35. The van der Waals surface area contributed by atoms with Crippen LogP contribution < -0.4 is 10.1 Å². The van der Waals surface area contributed by atoms with Crippen LogP contribution in [0.1, 0.15) is 34.5 Å². The molecule has 7 nitrogen and oxygen atoms in total. The Bertz CT molecular complexity index is 1200. The Morgan fingerprint density at radius 2 is 1.97 bits per heavy atom. The maximum absolute atomic E-state index is 12.4. The third-order valence-electron chi connectivity index (χ3n) is 5.84. The zero-order chi connectivity index (χ0) is 21.4. The SMILES string of the molecule is O=C1Nc2cc(C(=O)O)ccc2/C1=C/c1cc2cc(OCCN3CCCC3)ccc2[nH]1. The average molecular weight is 417 g/mol. The van der Waals surface area contributed by atoms with E-state index in [1.165, 1.54) is 25.0 Å². The summed E-state index contributed by atoms with van der Waals surface area (Å²) in [6.45, 7) is 3.93. The lowest BCUT2D eigenvalue weighted by atomic mass is 10.0. The Morgan fingerprint density at radius 1 is 1.13 bits per heavy atom. The maximum Gasteiger partial charge on any atom is 0.335 e. The van der Waals surface area contributed by atoms with E-state index in [4.69, 9.17) is 9.84 Å². The molecule has 0 radical (unpaired) electrons. The minimum Gasteiger partial charge on any atom is -0.492 e. The van der Waals surface area contributed by atoms with Gasteiger partial charge in [0.25, 0.3) is 5.91 Å². The van der Waals surface area contributed by atoms with E-state index >= 15 is 0 Å². The number of carboxylic acids is 1. The first-order chi connectivity index (χ1) is 15.1. The number of carboxylic acid groups (broad SMARTS) is 1. The number of aromatic carboxylic acids is 1. The van der Waals surface area contributed by atoms with E-state index in [-0.39, 0.29) is 11.5 Å². The molecular formula is C24H23N3O4. The van der Waals surface area contributed by atoms with Gasteiger partial charge in [0, 0.05) is 34.4 Å². The molecule has 1 fully saturated rings. The van der Waals surface area contributed by atoms with Crippen molar-refractivity contribution in [1.82, 2.24) is 9.88 Å². The molecule has 0 bridgehead atoms. The predicted octanol–water partition coefficient (Wildman–Crippen LogP) is 3.83. The number of anilines is 1. The molecule has 0 atom stereocenters. The highest BCUT2D eigenvalue weighted by atomic mass is 16.5. The van der Waals surface area contributed by atoms with E-state index in [9.17, 15) is 9.59 Å².